The second-order valence-electron chi connectivity index (χ2n) is 5.82. The lowest BCUT2D eigenvalue weighted by molar-refractivity contribution is -0.0228. The van der Waals surface area contributed by atoms with Crippen molar-refractivity contribution in [2.24, 2.45) is 0 Å². The van der Waals surface area contributed by atoms with Crippen LogP contribution in [0.25, 0.3) is 0 Å². The Morgan fingerprint density at radius 3 is 2.72 bits per heavy atom. The summed E-state index contributed by atoms with van der Waals surface area (Å²) < 4.78 is 16.7. The Balaban J connectivity index is 1.77. The topological polar surface area (TPSA) is 48.0 Å². The normalized spacial score (nSPS) is 17.2. The molecule has 2 aromatic carbocycles. The van der Waals surface area contributed by atoms with Crippen LogP contribution in [0.15, 0.2) is 48.5 Å². The Kier molecular flexibility index (Phi) is 5.56. The van der Waals surface area contributed by atoms with Gasteiger partial charge in [0.1, 0.15) is 6.10 Å². The van der Waals surface area contributed by atoms with E-state index in [1.54, 1.807) is 25.3 Å². The van der Waals surface area contributed by atoms with Gasteiger partial charge in [0.25, 0.3) is 5.91 Å². The molecule has 1 heterocycles. The van der Waals surface area contributed by atoms with Gasteiger partial charge >= 0.3 is 0 Å². The first-order chi connectivity index (χ1) is 12.2. The molecule has 0 radical (unpaired) electrons. The average molecular weight is 341 g/mol. The molecule has 1 aliphatic rings. The Hall–Kier alpha value is -2.53. The van der Waals surface area contributed by atoms with Crippen LogP contribution in [-0.4, -0.2) is 44.2 Å². The van der Waals surface area contributed by atoms with Crippen LogP contribution in [0.4, 0.5) is 0 Å². The molecule has 1 atom stereocenters. The van der Waals surface area contributed by atoms with Gasteiger partial charge in [-0.2, -0.15) is 0 Å². The molecule has 0 bridgehead atoms. The minimum atomic E-state index is -0.0940. The van der Waals surface area contributed by atoms with Crippen LogP contribution in [0.2, 0.25) is 0 Å². The smallest absolute Gasteiger partial charge is 0.254 e. The lowest BCUT2D eigenvalue weighted by Crippen LogP contribution is -2.42. The van der Waals surface area contributed by atoms with E-state index in [1.165, 1.54) is 0 Å². The molecule has 0 aliphatic carbocycles. The highest BCUT2D eigenvalue weighted by Gasteiger charge is 2.26. The largest absolute Gasteiger partial charge is 0.493 e. The fourth-order valence-corrected chi connectivity index (χ4v) is 2.96. The Labute approximate surface area is 148 Å². The van der Waals surface area contributed by atoms with E-state index in [4.69, 9.17) is 14.2 Å². The summed E-state index contributed by atoms with van der Waals surface area (Å²) >= 11 is 0. The third kappa shape index (κ3) is 3.94. The Bertz CT molecular complexity index is 717. The van der Waals surface area contributed by atoms with Crippen LogP contribution in [0, 0.1) is 0 Å². The van der Waals surface area contributed by atoms with Crippen LogP contribution in [0.5, 0.6) is 11.5 Å². The van der Waals surface area contributed by atoms with Crippen LogP contribution >= 0.6 is 0 Å². The number of morpholine rings is 1. The molecule has 1 amide bonds. The van der Waals surface area contributed by atoms with E-state index in [-0.39, 0.29) is 12.0 Å². The Morgan fingerprint density at radius 2 is 2.00 bits per heavy atom. The highest BCUT2D eigenvalue weighted by Crippen LogP contribution is 2.29. The molecular formula is C20H23NO4. The third-order valence-corrected chi connectivity index (χ3v) is 4.24. The standard InChI is InChI=1S/C20H23NO4/c1-3-24-18-13-16(9-10-17(18)23-2)20(22)21-11-12-25-19(14-21)15-7-5-4-6-8-15/h4-10,13,19H,3,11-12,14H2,1-2H3. The molecule has 1 saturated heterocycles. The molecule has 0 N–H and O–H groups in total. The number of hydrogen-bond acceptors (Lipinski definition) is 4. The third-order valence-electron chi connectivity index (χ3n) is 4.24. The molecule has 0 saturated carbocycles. The molecular weight excluding hydrogens is 318 g/mol. The molecule has 1 aliphatic heterocycles. The van der Waals surface area contributed by atoms with E-state index in [2.05, 4.69) is 0 Å². The number of methoxy groups -OCH3 is 1. The highest BCUT2D eigenvalue weighted by atomic mass is 16.5. The molecule has 3 rings (SSSR count). The predicted molar refractivity (Wildman–Crippen MR) is 95.2 cm³/mol. The molecule has 132 valence electrons. The molecule has 25 heavy (non-hydrogen) atoms. The van der Waals surface area contributed by atoms with Crippen LogP contribution < -0.4 is 9.47 Å². The van der Waals surface area contributed by atoms with Gasteiger partial charge in [-0.25, -0.2) is 0 Å². The number of hydrogen-bond donors (Lipinski definition) is 0. The second kappa shape index (κ2) is 8.03. The van der Waals surface area contributed by atoms with Crippen molar-refractivity contribution in [1.82, 2.24) is 4.90 Å². The van der Waals surface area contributed by atoms with Crippen molar-refractivity contribution in [1.29, 1.82) is 0 Å². The summed E-state index contributed by atoms with van der Waals surface area (Å²) in [5.74, 6) is 1.19. The fraction of sp³-hybridized carbons (Fsp3) is 0.350. The van der Waals surface area contributed by atoms with E-state index in [0.29, 0.717) is 43.4 Å². The minimum Gasteiger partial charge on any atom is -0.493 e. The van der Waals surface area contributed by atoms with E-state index >= 15 is 0 Å². The molecule has 1 unspecified atom stereocenters. The van der Waals surface area contributed by atoms with E-state index in [9.17, 15) is 4.79 Å². The van der Waals surface area contributed by atoms with Gasteiger partial charge in [-0.15, -0.1) is 0 Å². The maximum atomic E-state index is 12.9. The van der Waals surface area contributed by atoms with Crippen molar-refractivity contribution in [2.75, 3.05) is 33.4 Å². The van der Waals surface area contributed by atoms with Gasteiger partial charge in [0.15, 0.2) is 11.5 Å². The molecule has 0 aromatic heterocycles. The van der Waals surface area contributed by atoms with E-state index in [1.807, 2.05) is 42.2 Å². The van der Waals surface area contributed by atoms with E-state index < -0.39 is 0 Å². The summed E-state index contributed by atoms with van der Waals surface area (Å²) in [6.45, 7) is 4.07. The maximum Gasteiger partial charge on any atom is 0.254 e. The zero-order valence-corrected chi connectivity index (χ0v) is 14.6. The molecule has 5 heteroatoms. The van der Waals surface area contributed by atoms with Crippen molar-refractivity contribution in [3.05, 3.63) is 59.7 Å². The van der Waals surface area contributed by atoms with Crippen molar-refractivity contribution in [3.8, 4) is 11.5 Å². The summed E-state index contributed by atoms with van der Waals surface area (Å²) in [7, 11) is 1.59. The second-order valence-corrected chi connectivity index (χ2v) is 5.82. The maximum absolute atomic E-state index is 12.9. The van der Waals surface area contributed by atoms with Gasteiger partial charge < -0.3 is 19.1 Å². The first-order valence-corrected chi connectivity index (χ1v) is 8.49. The fourth-order valence-electron chi connectivity index (χ4n) is 2.96. The zero-order chi connectivity index (χ0) is 17.6. The van der Waals surface area contributed by atoms with Gasteiger partial charge in [0.2, 0.25) is 0 Å². The van der Waals surface area contributed by atoms with Gasteiger partial charge in [0, 0.05) is 12.1 Å². The quantitative estimate of drug-likeness (QED) is 0.837. The van der Waals surface area contributed by atoms with Crippen molar-refractivity contribution < 1.29 is 19.0 Å². The predicted octanol–water partition coefficient (Wildman–Crippen LogP) is 3.31. The zero-order valence-electron chi connectivity index (χ0n) is 14.6. The van der Waals surface area contributed by atoms with Gasteiger partial charge in [-0.05, 0) is 30.7 Å². The number of amides is 1. The van der Waals surface area contributed by atoms with E-state index in [0.717, 1.165) is 5.56 Å². The number of rotatable bonds is 5. The summed E-state index contributed by atoms with van der Waals surface area (Å²) in [5, 5.41) is 0. The SMILES string of the molecule is CCOc1cc(C(=O)N2CCOC(c3ccccc3)C2)ccc1OC. The van der Waals surface area contributed by atoms with Crippen molar-refractivity contribution in [2.45, 2.75) is 13.0 Å². The first kappa shape index (κ1) is 17.3. The van der Waals surface area contributed by atoms with Gasteiger partial charge in [-0.1, -0.05) is 30.3 Å². The number of carbonyl (C=O) groups is 1. The molecule has 2 aromatic rings. The summed E-state index contributed by atoms with van der Waals surface area (Å²) in [4.78, 5) is 14.7. The van der Waals surface area contributed by atoms with Crippen LogP contribution in [0.3, 0.4) is 0 Å². The van der Waals surface area contributed by atoms with Crippen LogP contribution in [-0.2, 0) is 4.74 Å². The summed E-state index contributed by atoms with van der Waals surface area (Å²) in [5.41, 5.74) is 1.68. The lowest BCUT2D eigenvalue weighted by atomic mass is 10.1. The minimum absolute atomic E-state index is 0.0205. The molecule has 0 spiro atoms. The number of benzene rings is 2. The lowest BCUT2D eigenvalue weighted by Gasteiger charge is -2.33. The first-order valence-electron chi connectivity index (χ1n) is 8.49. The van der Waals surface area contributed by atoms with Crippen LogP contribution in [0.1, 0.15) is 28.9 Å². The molecule has 5 nitrogen and oxygen atoms in total. The number of carbonyl (C=O) groups excluding carboxylic acids is 1. The van der Waals surface area contributed by atoms with Crippen molar-refractivity contribution in [3.63, 3.8) is 0 Å². The number of ether oxygens (including phenoxy) is 3. The number of nitrogens with zero attached hydrogens (tertiary/aromatic N) is 1. The van der Waals surface area contributed by atoms with Crippen molar-refractivity contribution >= 4 is 5.91 Å². The molecule has 1 fully saturated rings. The van der Waals surface area contributed by atoms with Gasteiger partial charge in [0.05, 0.1) is 26.9 Å². The summed E-state index contributed by atoms with van der Waals surface area (Å²) in [6, 6.07) is 15.3. The monoisotopic (exact) mass is 341 g/mol. The highest BCUT2D eigenvalue weighted by molar-refractivity contribution is 5.95. The van der Waals surface area contributed by atoms with Gasteiger partial charge in [-0.3, -0.25) is 4.79 Å². The summed E-state index contributed by atoms with van der Waals surface area (Å²) in [6.07, 6.45) is -0.0940. The Morgan fingerprint density at radius 1 is 1.20 bits per heavy atom. The average Bonchev–Trinajstić information content (AvgIpc) is 2.68.